The lowest BCUT2D eigenvalue weighted by molar-refractivity contribution is -0.133. The van der Waals surface area contributed by atoms with Crippen LogP contribution in [-0.4, -0.2) is 44.7 Å². The molecule has 0 bridgehead atoms. The van der Waals surface area contributed by atoms with Gasteiger partial charge in [-0.3, -0.25) is 9.59 Å². The molecule has 0 spiro atoms. The molecule has 0 saturated carbocycles. The molecule has 2 amide bonds. The van der Waals surface area contributed by atoms with Gasteiger partial charge < -0.3 is 9.80 Å². The van der Waals surface area contributed by atoms with Gasteiger partial charge in [0.15, 0.2) is 5.82 Å². The van der Waals surface area contributed by atoms with Crippen LogP contribution in [0.3, 0.4) is 0 Å². The van der Waals surface area contributed by atoms with Crippen LogP contribution in [0.15, 0.2) is 6.20 Å². The van der Waals surface area contributed by atoms with Gasteiger partial charge in [0, 0.05) is 51.2 Å². The summed E-state index contributed by atoms with van der Waals surface area (Å²) in [4.78, 5) is 37.1. The van der Waals surface area contributed by atoms with Crippen LogP contribution in [0.2, 0.25) is 0 Å². The number of piperidine rings is 1. The molecule has 24 heavy (non-hydrogen) atoms. The Bertz CT molecular complexity index is 631. The summed E-state index contributed by atoms with van der Waals surface area (Å²) in [5.74, 6) is 1.07. The number of fused-ring (bicyclic) bond motifs is 1. The number of rotatable bonds is 3. The standard InChI is InChI=1S/C18H26N4O2/c1-3-6-17(24)21-10-8-15-14(12-21)11-19-18(20-15)16-7-4-5-9-22(16)13(2)23/h11,16H,3-10,12H2,1-2H3. The second-order valence-electron chi connectivity index (χ2n) is 6.74. The van der Waals surface area contributed by atoms with Gasteiger partial charge in [0.25, 0.3) is 0 Å². The highest BCUT2D eigenvalue weighted by Crippen LogP contribution is 2.30. The highest BCUT2D eigenvalue weighted by Gasteiger charge is 2.29. The van der Waals surface area contributed by atoms with E-state index in [2.05, 4.69) is 4.98 Å². The van der Waals surface area contributed by atoms with Gasteiger partial charge in [-0.1, -0.05) is 6.92 Å². The van der Waals surface area contributed by atoms with Crippen molar-refractivity contribution in [1.29, 1.82) is 0 Å². The van der Waals surface area contributed by atoms with Crippen LogP contribution < -0.4 is 0 Å². The van der Waals surface area contributed by atoms with Crippen molar-refractivity contribution < 1.29 is 9.59 Å². The fourth-order valence-electron chi connectivity index (χ4n) is 3.65. The zero-order chi connectivity index (χ0) is 17.1. The van der Waals surface area contributed by atoms with Crippen LogP contribution in [0.25, 0.3) is 0 Å². The third kappa shape index (κ3) is 3.42. The molecule has 0 aromatic carbocycles. The Morgan fingerprint density at radius 1 is 1.29 bits per heavy atom. The van der Waals surface area contributed by atoms with Crippen LogP contribution in [0.1, 0.15) is 69.1 Å². The molecule has 1 aromatic heterocycles. The summed E-state index contributed by atoms with van der Waals surface area (Å²) in [7, 11) is 0. The minimum atomic E-state index is 0.00121. The molecule has 6 nitrogen and oxygen atoms in total. The Morgan fingerprint density at radius 3 is 2.88 bits per heavy atom. The maximum atomic E-state index is 12.1. The molecular weight excluding hydrogens is 304 g/mol. The number of hydrogen-bond donors (Lipinski definition) is 0. The van der Waals surface area contributed by atoms with Gasteiger partial charge in [-0.05, 0) is 25.7 Å². The number of carbonyl (C=O) groups is 2. The first-order chi connectivity index (χ1) is 11.6. The average Bonchev–Trinajstić information content (AvgIpc) is 2.61. The lowest BCUT2D eigenvalue weighted by Crippen LogP contribution is -2.39. The number of hydrogen-bond acceptors (Lipinski definition) is 4. The molecule has 1 saturated heterocycles. The second-order valence-corrected chi connectivity index (χ2v) is 6.74. The Balaban J connectivity index is 1.78. The third-order valence-electron chi connectivity index (χ3n) is 4.97. The predicted octanol–water partition coefficient (Wildman–Crippen LogP) is 2.23. The molecular formula is C18H26N4O2. The van der Waals surface area contributed by atoms with E-state index in [1.165, 1.54) is 0 Å². The predicted molar refractivity (Wildman–Crippen MR) is 90.0 cm³/mol. The topological polar surface area (TPSA) is 66.4 Å². The minimum absolute atomic E-state index is 0.00121. The van der Waals surface area contributed by atoms with Crippen LogP contribution in [0.5, 0.6) is 0 Å². The second kappa shape index (κ2) is 7.28. The van der Waals surface area contributed by atoms with Gasteiger partial charge >= 0.3 is 0 Å². The van der Waals surface area contributed by atoms with E-state index in [1.54, 1.807) is 6.92 Å². The van der Waals surface area contributed by atoms with E-state index in [0.717, 1.165) is 62.3 Å². The smallest absolute Gasteiger partial charge is 0.222 e. The largest absolute Gasteiger partial charge is 0.338 e. The Morgan fingerprint density at radius 2 is 2.12 bits per heavy atom. The number of nitrogens with zero attached hydrogens (tertiary/aromatic N) is 4. The first-order valence-electron chi connectivity index (χ1n) is 8.99. The van der Waals surface area contributed by atoms with Crippen LogP contribution >= 0.6 is 0 Å². The van der Waals surface area contributed by atoms with Gasteiger partial charge in [-0.2, -0.15) is 0 Å². The molecule has 0 radical (unpaired) electrons. The van der Waals surface area contributed by atoms with Crippen molar-refractivity contribution in [1.82, 2.24) is 19.8 Å². The SMILES string of the molecule is CCCC(=O)N1CCc2nc(C3CCCCN3C(C)=O)ncc2C1. The lowest BCUT2D eigenvalue weighted by atomic mass is 10.0. The fourth-order valence-corrected chi connectivity index (χ4v) is 3.65. The first-order valence-corrected chi connectivity index (χ1v) is 8.99. The fraction of sp³-hybridized carbons (Fsp3) is 0.667. The number of amides is 2. The highest BCUT2D eigenvalue weighted by atomic mass is 16.2. The van der Waals surface area contributed by atoms with Gasteiger partial charge in [0.2, 0.25) is 11.8 Å². The quantitative estimate of drug-likeness (QED) is 0.852. The van der Waals surface area contributed by atoms with E-state index in [1.807, 2.05) is 22.9 Å². The van der Waals surface area contributed by atoms with E-state index in [0.29, 0.717) is 13.0 Å². The Kier molecular flexibility index (Phi) is 5.11. The van der Waals surface area contributed by atoms with Gasteiger partial charge in [-0.25, -0.2) is 9.97 Å². The summed E-state index contributed by atoms with van der Waals surface area (Å²) < 4.78 is 0. The normalized spacial score (nSPS) is 20.7. The van der Waals surface area contributed by atoms with Gasteiger partial charge in [0.05, 0.1) is 11.7 Å². The van der Waals surface area contributed by atoms with Crippen molar-refractivity contribution in [3.8, 4) is 0 Å². The molecule has 3 rings (SSSR count). The molecule has 3 heterocycles. The molecule has 0 aliphatic carbocycles. The molecule has 1 unspecified atom stereocenters. The number of likely N-dealkylation sites (tertiary alicyclic amines) is 1. The van der Waals surface area contributed by atoms with E-state index in [4.69, 9.17) is 4.98 Å². The summed E-state index contributed by atoms with van der Waals surface area (Å²) in [6.07, 6.45) is 7.19. The Labute approximate surface area is 143 Å². The maximum absolute atomic E-state index is 12.1. The zero-order valence-electron chi connectivity index (χ0n) is 14.6. The van der Waals surface area contributed by atoms with E-state index >= 15 is 0 Å². The van der Waals surface area contributed by atoms with Crippen molar-refractivity contribution in [2.75, 3.05) is 13.1 Å². The first kappa shape index (κ1) is 16.9. The monoisotopic (exact) mass is 330 g/mol. The molecule has 2 aliphatic heterocycles. The van der Waals surface area contributed by atoms with Crippen LogP contribution in [0.4, 0.5) is 0 Å². The molecule has 1 atom stereocenters. The maximum Gasteiger partial charge on any atom is 0.222 e. The molecule has 1 fully saturated rings. The summed E-state index contributed by atoms with van der Waals surface area (Å²) in [6, 6.07) is 0.00121. The molecule has 1 aromatic rings. The van der Waals surface area contributed by atoms with Gasteiger partial charge in [0.1, 0.15) is 0 Å². The third-order valence-corrected chi connectivity index (χ3v) is 4.97. The van der Waals surface area contributed by atoms with E-state index in [-0.39, 0.29) is 17.9 Å². The van der Waals surface area contributed by atoms with E-state index in [9.17, 15) is 9.59 Å². The Hall–Kier alpha value is -1.98. The van der Waals surface area contributed by atoms with Crippen molar-refractivity contribution in [3.63, 3.8) is 0 Å². The van der Waals surface area contributed by atoms with Crippen LogP contribution in [-0.2, 0) is 22.6 Å². The van der Waals surface area contributed by atoms with E-state index < -0.39 is 0 Å². The van der Waals surface area contributed by atoms with Gasteiger partial charge in [-0.15, -0.1) is 0 Å². The zero-order valence-corrected chi connectivity index (χ0v) is 14.6. The van der Waals surface area contributed by atoms with Crippen molar-refractivity contribution in [2.45, 2.75) is 65.0 Å². The summed E-state index contributed by atoms with van der Waals surface area (Å²) >= 11 is 0. The number of carbonyl (C=O) groups excluding carboxylic acids is 2. The average molecular weight is 330 g/mol. The van der Waals surface area contributed by atoms with Crippen molar-refractivity contribution in [3.05, 3.63) is 23.3 Å². The molecule has 2 aliphatic rings. The summed E-state index contributed by atoms with van der Waals surface area (Å²) in [5, 5.41) is 0. The summed E-state index contributed by atoms with van der Waals surface area (Å²) in [6.45, 7) is 5.77. The highest BCUT2D eigenvalue weighted by molar-refractivity contribution is 5.76. The summed E-state index contributed by atoms with van der Waals surface area (Å²) in [5.41, 5.74) is 2.08. The van der Waals surface area contributed by atoms with Crippen molar-refractivity contribution in [2.24, 2.45) is 0 Å². The van der Waals surface area contributed by atoms with Crippen LogP contribution in [0, 0.1) is 0 Å². The molecule has 0 N–H and O–H groups in total. The molecule has 130 valence electrons. The molecule has 6 heteroatoms. The number of aromatic nitrogens is 2. The lowest BCUT2D eigenvalue weighted by Gasteiger charge is -2.35. The minimum Gasteiger partial charge on any atom is -0.338 e. The van der Waals surface area contributed by atoms with Crippen molar-refractivity contribution >= 4 is 11.8 Å².